The highest BCUT2D eigenvalue weighted by atomic mass is 14.9. The number of hydrogen-bond acceptors (Lipinski definition) is 2. The van der Waals surface area contributed by atoms with Gasteiger partial charge in [0.15, 0.2) is 0 Å². The molecule has 2 heteroatoms. The Morgan fingerprint density at radius 3 is 2.46 bits per heavy atom. The molecule has 13 heavy (non-hydrogen) atoms. The van der Waals surface area contributed by atoms with Gasteiger partial charge < -0.3 is 11.1 Å². The van der Waals surface area contributed by atoms with Gasteiger partial charge in [0.1, 0.15) is 0 Å². The van der Waals surface area contributed by atoms with Crippen molar-refractivity contribution in [3.63, 3.8) is 0 Å². The van der Waals surface area contributed by atoms with E-state index < -0.39 is 0 Å². The Kier molecular flexibility index (Phi) is 4.74. The number of nitrogens with one attached hydrogen (secondary N) is 1. The van der Waals surface area contributed by atoms with E-state index in [0.29, 0.717) is 6.04 Å². The van der Waals surface area contributed by atoms with Gasteiger partial charge in [-0.1, -0.05) is 19.8 Å². The third-order valence-electron chi connectivity index (χ3n) is 3.24. The predicted octanol–water partition coefficient (Wildman–Crippen LogP) is 1.75. The molecule has 0 radical (unpaired) electrons. The summed E-state index contributed by atoms with van der Waals surface area (Å²) in [6.45, 7) is 6.45. The molecule has 0 bridgehead atoms. The number of hydrogen-bond donors (Lipinski definition) is 2. The van der Waals surface area contributed by atoms with Crippen molar-refractivity contribution in [2.75, 3.05) is 13.1 Å². The van der Waals surface area contributed by atoms with Crippen molar-refractivity contribution in [1.29, 1.82) is 0 Å². The maximum absolute atomic E-state index is 5.55. The molecule has 0 aliphatic heterocycles. The maximum atomic E-state index is 5.55. The zero-order valence-electron chi connectivity index (χ0n) is 9.05. The van der Waals surface area contributed by atoms with E-state index in [4.69, 9.17) is 5.73 Å². The Balaban J connectivity index is 2.08. The highest BCUT2D eigenvalue weighted by Gasteiger charge is 2.17. The Labute approximate surface area is 82.3 Å². The monoisotopic (exact) mass is 184 g/mol. The lowest BCUT2D eigenvalue weighted by molar-refractivity contribution is 0.276. The van der Waals surface area contributed by atoms with Crippen LogP contribution in [0, 0.1) is 11.8 Å². The quantitative estimate of drug-likeness (QED) is 0.698. The lowest BCUT2D eigenvalue weighted by Gasteiger charge is -2.27. The average molecular weight is 184 g/mol. The molecule has 2 nitrogen and oxygen atoms in total. The van der Waals surface area contributed by atoms with Crippen molar-refractivity contribution in [3.05, 3.63) is 0 Å². The highest BCUT2D eigenvalue weighted by Crippen LogP contribution is 2.27. The van der Waals surface area contributed by atoms with Gasteiger partial charge in [0, 0.05) is 12.6 Å². The van der Waals surface area contributed by atoms with Crippen LogP contribution in [-0.4, -0.2) is 19.1 Å². The van der Waals surface area contributed by atoms with E-state index in [-0.39, 0.29) is 0 Å². The Hall–Kier alpha value is -0.0800. The molecule has 0 aromatic rings. The van der Waals surface area contributed by atoms with E-state index in [0.717, 1.165) is 18.4 Å². The van der Waals surface area contributed by atoms with Gasteiger partial charge >= 0.3 is 0 Å². The minimum Gasteiger partial charge on any atom is -0.329 e. The second-order valence-electron chi connectivity index (χ2n) is 4.67. The standard InChI is InChI=1S/C11H24N2/c1-9-3-5-11(6-4-9)8-13-10(2)7-12/h9-11,13H,3-8,12H2,1-2H3. The molecule has 0 heterocycles. The van der Waals surface area contributed by atoms with E-state index in [1.54, 1.807) is 0 Å². The van der Waals surface area contributed by atoms with Gasteiger partial charge in [-0.3, -0.25) is 0 Å². The van der Waals surface area contributed by atoms with Crippen LogP contribution in [-0.2, 0) is 0 Å². The SMILES string of the molecule is CC1CCC(CNC(C)CN)CC1. The van der Waals surface area contributed by atoms with Crippen LogP contribution in [0.2, 0.25) is 0 Å². The van der Waals surface area contributed by atoms with E-state index in [1.807, 2.05) is 0 Å². The second-order valence-corrected chi connectivity index (χ2v) is 4.67. The molecule has 1 rings (SSSR count). The fourth-order valence-electron chi connectivity index (χ4n) is 1.98. The first-order valence-electron chi connectivity index (χ1n) is 5.65. The summed E-state index contributed by atoms with van der Waals surface area (Å²) in [6.07, 6.45) is 5.66. The third-order valence-corrected chi connectivity index (χ3v) is 3.24. The molecule has 1 fully saturated rings. The van der Waals surface area contributed by atoms with Gasteiger partial charge in [-0.15, -0.1) is 0 Å². The van der Waals surface area contributed by atoms with Gasteiger partial charge in [-0.05, 0) is 38.1 Å². The molecule has 3 N–H and O–H groups in total. The first kappa shape index (κ1) is 11.0. The Morgan fingerprint density at radius 1 is 1.31 bits per heavy atom. The smallest absolute Gasteiger partial charge is 0.0162 e. The average Bonchev–Trinajstić information content (AvgIpc) is 2.16. The summed E-state index contributed by atoms with van der Waals surface area (Å²) in [5, 5.41) is 3.49. The molecule has 1 saturated carbocycles. The summed E-state index contributed by atoms with van der Waals surface area (Å²) in [4.78, 5) is 0. The molecular weight excluding hydrogens is 160 g/mol. The summed E-state index contributed by atoms with van der Waals surface area (Å²) in [5.74, 6) is 1.87. The Bertz CT molecular complexity index is 128. The maximum Gasteiger partial charge on any atom is 0.0162 e. The van der Waals surface area contributed by atoms with Crippen molar-refractivity contribution in [3.8, 4) is 0 Å². The van der Waals surface area contributed by atoms with E-state index in [1.165, 1.54) is 32.2 Å². The van der Waals surface area contributed by atoms with Gasteiger partial charge in [0.25, 0.3) is 0 Å². The number of nitrogens with two attached hydrogens (primary N) is 1. The molecule has 1 aliphatic rings. The lowest BCUT2D eigenvalue weighted by Crippen LogP contribution is -2.37. The summed E-state index contributed by atoms with van der Waals surface area (Å²) >= 11 is 0. The van der Waals surface area contributed by atoms with Crippen molar-refractivity contribution < 1.29 is 0 Å². The molecule has 78 valence electrons. The third kappa shape index (κ3) is 4.10. The highest BCUT2D eigenvalue weighted by molar-refractivity contribution is 4.73. The first-order valence-corrected chi connectivity index (χ1v) is 5.65. The minimum atomic E-state index is 0.486. The van der Waals surface area contributed by atoms with Crippen molar-refractivity contribution in [2.24, 2.45) is 17.6 Å². The van der Waals surface area contributed by atoms with Crippen LogP contribution in [0.15, 0.2) is 0 Å². The predicted molar refractivity (Wildman–Crippen MR) is 57.6 cm³/mol. The molecule has 0 amide bonds. The van der Waals surface area contributed by atoms with Gasteiger partial charge in [0.05, 0.1) is 0 Å². The molecular formula is C11H24N2. The zero-order chi connectivity index (χ0) is 9.68. The van der Waals surface area contributed by atoms with Crippen LogP contribution in [0.4, 0.5) is 0 Å². The normalized spacial score (nSPS) is 31.6. The molecule has 1 aliphatic carbocycles. The van der Waals surface area contributed by atoms with Crippen LogP contribution in [0.25, 0.3) is 0 Å². The van der Waals surface area contributed by atoms with Crippen molar-refractivity contribution >= 4 is 0 Å². The summed E-state index contributed by atoms with van der Waals surface area (Å²) < 4.78 is 0. The minimum absolute atomic E-state index is 0.486. The zero-order valence-corrected chi connectivity index (χ0v) is 9.05. The van der Waals surface area contributed by atoms with Crippen LogP contribution in [0.3, 0.4) is 0 Å². The van der Waals surface area contributed by atoms with Crippen LogP contribution >= 0.6 is 0 Å². The van der Waals surface area contributed by atoms with E-state index in [2.05, 4.69) is 19.2 Å². The second kappa shape index (κ2) is 5.61. The van der Waals surface area contributed by atoms with Gasteiger partial charge in [0.2, 0.25) is 0 Å². The fraction of sp³-hybridized carbons (Fsp3) is 1.00. The fourth-order valence-corrected chi connectivity index (χ4v) is 1.98. The first-order chi connectivity index (χ1) is 6.22. The topological polar surface area (TPSA) is 38.0 Å². The van der Waals surface area contributed by atoms with Crippen LogP contribution in [0.1, 0.15) is 39.5 Å². The largest absolute Gasteiger partial charge is 0.329 e. The summed E-state index contributed by atoms with van der Waals surface area (Å²) in [7, 11) is 0. The molecule has 0 spiro atoms. The molecule has 0 aromatic heterocycles. The van der Waals surface area contributed by atoms with Gasteiger partial charge in [-0.25, -0.2) is 0 Å². The summed E-state index contributed by atoms with van der Waals surface area (Å²) in [5.41, 5.74) is 5.55. The molecule has 1 unspecified atom stereocenters. The van der Waals surface area contributed by atoms with Gasteiger partial charge in [-0.2, -0.15) is 0 Å². The van der Waals surface area contributed by atoms with E-state index >= 15 is 0 Å². The summed E-state index contributed by atoms with van der Waals surface area (Å²) in [6, 6.07) is 0.486. The van der Waals surface area contributed by atoms with Crippen LogP contribution in [0.5, 0.6) is 0 Å². The van der Waals surface area contributed by atoms with Crippen molar-refractivity contribution in [1.82, 2.24) is 5.32 Å². The van der Waals surface area contributed by atoms with Crippen LogP contribution < -0.4 is 11.1 Å². The number of rotatable bonds is 4. The Morgan fingerprint density at radius 2 is 1.92 bits per heavy atom. The van der Waals surface area contributed by atoms with Crippen molar-refractivity contribution in [2.45, 2.75) is 45.6 Å². The molecule has 0 saturated heterocycles. The molecule has 0 aromatic carbocycles. The molecule has 1 atom stereocenters. The van der Waals surface area contributed by atoms with E-state index in [9.17, 15) is 0 Å². The lowest BCUT2D eigenvalue weighted by atomic mass is 9.83.